The quantitative estimate of drug-likeness (QED) is 0.287. The largest absolute Gasteiger partial charge is 0.544 e. The van der Waals surface area contributed by atoms with E-state index in [9.17, 15) is 24.6 Å². The lowest BCUT2D eigenvalue weighted by atomic mass is 10.0. The summed E-state index contributed by atoms with van der Waals surface area (Å²) in [7, 11) is 4.69. The highest BCUT2D eigenvalue weighted by molar-refractivity contribution is 5.88. The van der Waals surface area contributed by atoms with Crippen molar-refractivity contribution in [3.05, 3.63) is 0 Å². The number of rotatable bonds is 17. The molecule has 0 aromatic carbocycles. The van der Waals surface area contributed by atoms with Gasteiger partial charge < -0.3 is 24.8 Å². The first-order valence-electron chi connectivity index (χ1n) is 10.6. The van der Waals surface area contributed by atoms with Gasteiger partial charge in [-0.2, -0.15) is 0 Å². The minimum atomic E-state index is -1.51. The molecule has 0 saturated carbocycles. The van der Waals surface area contributed by atoms with Crippen LogP contribution in [0.5, 0.6) is 0 Å². The lowest BCUT2D eigenvalue weighted by Crippen LogP contribution is -2.66. The molecule has 2 unspecified atom stereocenters. The highest BCUT2D eigenvalue weighted by atomic mass is 16.4. The van der Waals surface area contributed by atoms with E-state index in [1.807, 2.05) is 0 Å². The van der Waals surface area contributed by atoms with Gasteiger partial charge in [-0.1, -0.05) is 71.1 Å². The number of aliphatic carboxylic acids is 2. The van der Waals surface area contributed by atoms with Crippen molar-refractivity contribution >= 4 is 17.8 Å². The first-order valence-corrected chi connectivity index (χ1v) is 10.6. The maximum atomic E-state index is 12.1. The smallest absolute Gasteiger partial charge is 0.332 e. The van der Waals surface area contributed by atoms with Gasteiger partial charge in [-0.05, 0) is 6.42 Å². The fraction of sp³-hybridized carbons (Fsp3) is 0.857. The number of nitrogens with zero attached hydrogens (tertiary/aromatic N) is 1. The Morgan fingerprint density at radius 2 is 1.29 bits per heavy atom. The number of quaternary nitrogens is 1. The molecule has 0 bridgehead atoms. The number of unbranched alkanes of at least 4 members (excludes halogenated alkanes) is 10. The summed E-state index contributed by atoms with van der Waals surface area (Å²) in [6.07, 6.45) is 13.0. The molecule has 1 amide bonds. The van der Waals surface area contributed by atoms with Crippen molar-refractivity contribution in [2.75, 3.05) is 21.1 Å². The number of nitrogens with one attached hydrogen (secondary N) is 1. The monoisotopic (exact) mass is 400 g/mol. The fourth-order valence-corrected chi connectivity index (χ4v) is 3.37. The third-order valence-electron chi connectivity index (χ3n) is 4.98. The number of carboxylic acids is 2. The van der Waals surface area contributed by atoms with Gasteiger partial charge in [0.25, 0.3) is 0 Å². The first kappa shape index (κ1) is 26.4. The Labute approximate surface area is 170 Å². The number of likely N-dealkylation sites (N-methyl/N-ethyl adjacent to an activating group) is 1. The van der Waals surface area contributed by atoms with Crippen molar-refractivity contribution in [1.29, 1.82) is 0 Å². The highest BCUT2D eigenvalue weighted by Gasteiger charge is 2.39. The zero-order valence-corrected chi connectivity index (χ0v) is 18.2. The number of carbonyl (C=O) groups excluding carboxylic acids is 2. The van der Waals surface area contributed by atoms with Crippen molar-refractivity contribution in [2.24, 2.45) is 0 Å². The molecule has 2 atom stereocenters. The zero-order chi connectivity index (χ0) is 21.6. The molecular weight excluding hydrogens is 360 g/mol. The number of amides is 1. The van der Waals surface area contributed by atoms with Gasteiger partial charge in [0, 0.05) is 6.42 Å². The van der Waals surface area contributed by atoms with Crippen molar-refractivity contribution in [3.63, 3.8) is 0 Å². The number of hydrogen-bond acceptors (Lipinski definition) is 4. The SMILES string of the molecule is CCCCCCCCCCCCCC(=O)NC(C(=O)O)C(C(=O)[O-])[N+](C)(C)C. The number of carbonyl (C=O) groups is 3. The summed E-state index contributed by atoms with van der Waals surface area (Å²) in [4.78, 5) is 34.9. The fourth-order valence-electron chi connectivity index (χ4n) is 3.37. The molecule has 0 aliphatic rings. The summed E-state index contributed by atoms with van der Waals surface area (Å²) in [6.45, 7) is 2.22. The zero-order valence-electron chi connectivity index (χ0n) is 18.2. The van der Waals surface area contributed by atoms with E-state index < -0.39 is 29.9 Å². The molecule has 0 rings (SSSR count). The van der Waals surface area contributed by atoms with Gasteiger partial charge in [-0.15, -0.1) is 0 Å². The minimum Gasteiger partial charge on any atom is -0.544 e. The van der Waals surface area contributed by atoms with Crippen LogP contribution in [-0.4, -0.2) is 60.7 Å². The van der Waals surface area contributed by atoms with Crippen LogP contribution in [-0.2, 0) is 14.4 Å². The summed E-state index contributed by atoms with van der Waals surface area (Å²) < 4.78 is -0.155. The van der Waals surface area contributed by atoms with Crippen LogP contribution in [0.2, 0.25) is 0 Å². The summed E-state index contributed by atoms with van der Waals surface area (Å²) in [5.41, 5.74) is 0. The Balaban J connectivity index is 4.08. The number of hydrogen-bond donors (Lipinski definition) is 2. The molecule has 0 radical (unpaired) electrons. The molecular formula is C21H40N2O5. The summed E-state index contributed by atoms with van der Waals surface area (Å²) in [6, 6.07) is -2.87. The van der Waals surface area contributed by atoms with Gasteiger partial charge in [0.1, 0.15) is 5.97 Å². The predicted octanol–water partition coefficient (Wildman–Crippen LogP) is 2.08. The Kier molecular flexibility index (Phi) is 13.5. The van der Waals surface area contributed by atoms with E-state index in [1.54, 1.807) is 21.1 Å². The average Bonchev–Trinajstić information content (AvgIpc) is 2.57. The van der Waals surface area contributed by atoms with Crippen LogP contribution in [0.1, 0.15) is 84.0 Å². The van der Waals surface area contributed by atoms with E-state index in [0.717, 1.165) is 19.3 Å². The summed E-state index contributed by atoms with van der Waals surface area (Å²) in [5, 5.41) is 23.1. The predicted molar refractivity (Wildman–Crippen MR) is 107 cm³/mol. The van der Waals surface area contributed by atoms with Gasteiger partial charge in [0.15, 0.2) is 12.1 Å². The van der Waals surface area contributed by atoms with E-state index in [4.69, 9.17) is 0 Å². The lowest BCUT2D eigenvalue weighted by Gasteiger charge is -2.38. The third kappa shape index (κ3) is 12.0. The van der Waals surface area contributed by atoms with Gasteiger partial charge in [-0.25, -0.2) is 4.79 Å². The molecule has 7 heteroatoms. The van der Waals surface area contributed by atoms with Crippen molar-refractivity contribution in [3.8, 4) is 0 Å². The van der Waals surface area contributed by atoms with E-state index >= 15 is 0 Å². The van der Waals surface area contributed by atoms with Gasteiger partial charge in [0.05, 0.1) is 21.1 Å². The molecule has 0 aliphatic heterocycles. The van der Waals surface area contributed by atoms with E-state index in [-0.39, 0.29) is 10.9 Å². The molecule has 0 aliphatic carbocycles. The topological polar surface area (TPSA) is 107 Å². The maximum absolute atomic E-state index is 12.1. The van der Waals surface area contributed by atoms with Gasteiger partial charge in [-0.3, -0.25) is 4.79 Å². The highest BCUT2D eigenvalue weighted by Crippen LogP contribution is 2.13. The first-order chi connectivity index (χ1) is 13.1. The maximum Gasteiger partial charge on any atom is 0.332 e. The standard InChI is InChI=1S/C21H40N2O5/c1-5-6-7-8-9-10-11-12-13-14-15-16-17(24)22-18(20(25)26)19(21(27)28)23(2,3)4/h18-19H,5-16H2,1-4H3,(H2-,22,24,25,26,27,28). The lowest BCUT2D eigenvalue weighted by molar-refractivity contribution is -0.889. The minimum absolute atomic E-state index is 0.155. The van der Waals surface area contributed by atoms with Crippen LogP contribution in [0.3, 0.4) is 0 Å². The van der Waals surface area contributed by atoms with Crippen LogP contribution in [0.15, 0.2) is 0 Å². The molecule has 0 fully saturated rings. The second-order valence-electron chi connectivity index (χ2n) is 8.55. The molecule has 164 valence electrons. The normalized spacial score (nSPS) is 13.7. The molecule has 0 heterocycles. The van der Waals surface area contributed by atoms with Crippen LogP contribution < -0.4 is 10.4 Å². The van der Waals surface area contributed by atoms with Crippen molar-refractivity contribution in [2.45, 2.75) is 96.1 Å². The molecule has 7 nitrogen and oxygen atoms in total. The molecule has 28 heavy (non-hydrogen) atoms. The Hall–Kier alpha value is -1.63. The van der Waals surface area contributed by atoms with Gasteiger partial charge >= 0.3 is 5.97 Å². The van der Waals surface area contributed by atoms with Crippen molar-refractivity contribution < 1.29 is 29.1 Å². The van der Waals surface area contributed by atoms with Crippen molar-refractivity contribution in [1.82, 2.24) is 5.32 Å². The van der Waals surface area contributed by atoms with Crippen LogP contribution in [0.4, 0.5) is 0 Å². The van der Waals surface area contributed by atoms with Crippen LogP contribution in [0.25, 0.3) is 0 Å². The Morgan fingerprint density at radius 3 is 1.64 bits per heavy atom. The van der Waals surface area contributed by atoms with E-state index in [0.29, 0.717) is 6.42 Å². The summed E-state index contributed by atoms with van der Waals surface area (Å²) in [5.74, 6) is -3.28. The Morgan fingerprint density at radius 1 is 0.857 bits per heavy atom. The molecule has 0 aromatic heterocycles. The Bertz CT molecular complexity index is 474. The third-order valence-corrected chi connectivity index (χ3v) is 4.98. The van der Waals surface area contributed by atoms with Crippen LogP contribution in [0, 0.1) is 0 Å². The van der Waals surface area contributed by atoms with E-state index in [2.05, 4.69) is 12.2 Å². The summed E-state index contributed by atoms with van der Waals surface area (Å²) >= 11 is 0. The second kappa shape index (κ2) is 14.4. The molecule has 0 aromatic rings. The van der Waals surface area contributed by atoms with Gasteiger partial charge in [0.2, 0.25) is 5.91 Å². The molecule has 2 N–H and O–H groups in total. The number of carboxylic acid groups (broad SMARTS) is 2. The second-order valence-corrected chi connectivity index (χ2v) is 8.55. The molecule has 0 saturated heterocycles. The average molecular weight is 401 g/mol. The molecule has 0 spiro atoms. The van der Waals surface area contributed by atoms with Crippen LogP contribution >= 0.6 is 0 Å². The van der Waals surface area contributed by atoms with E-state index in [1.165, 1.54) is 44.9 Å².